The van der Waals surface area contributed by atoms with Gasteiger partial charge >= 0.3 is 0 Å². The van der Waals surface area contributed by atoms with Gasteiger partial charge in [0, 0.05) is 29.9 Å². The molecule has 134 valence electrons. The molecule has 0 fully saturated rings. The SMILES string of the molecule is Cc1cc(C(=O)CO/N=C(\N)CC(C)C)c(C)n1Cc1ccccc1. The molecule has 0 radical (unpaired) electrons. The van der Waals surface area contributed by atoms with E-state index in [1.807, 2.05) is 38.1 Å². The first-order valence-corrected chi connectivity index (χ1v) is 8.56. The maximum Gasteiger partial charge on any atom is 0.204 e. The minimum Gasteiger partial charge on any atom is -0.386 e. The van der Waals surface area contributed by atoms with Crippen LogP contribution in [0.3, 0.4) is 0 Å². The number of nitrogens with two attached hydrogens (primary N) is 1. The van der Waals surface area contributed by atoms with Crippen LogP contribution in [-0.4, -0.2) is 22.8 Å². The third-order valence-electron chi connectivity index (χ3n) is 4.05. The highest BCUT2D eigenvalue weighted by Gasteiger charge is 2.16. The molecule has 0 unspecified atom stereocenters. The first kappa shape index (κ1) is 18.8. The highest BCUT2D eigenvalue weighted by atomic mass is 16.6. The minimum absolute atomic E-state index is 0.0893. The van der Waals surface area contributed by atoms with Crippen LogP contribution in [0.15, 0.2) is 41.6 Å². The molecule has 25 heavy (non-hydrogen) atoms. The predicted molar refractivity (Wildman–Crippen MR) is 101 cm³/mol. The summed E-state index contributed by atoms with van der Waals surface area (Å²) in [5.41, 5.74) is 9.61. The van der Waals surface area contributed by atoms with Crippen molar-refractivity contribution < 1.29 is 9.63 Å². The second-order valence-electron chi connectivity index (χ2n) is 6.73. The molecule has 2 rings (SSSR count). The highest BCUT2D eigenvalue weighted by molar-refractivity contribution is 5.98. The van der Waals surface area contributed by atoms with Crippen molar-refractivity contribution in [1.82, 2.24) is 4.57 Å². The lowest BCUT2D eigenvalue weighted by atomic mass is 10.1. The van der Waals surface area contributed by atoms with E-state index in [4.69, 9.17) is 10.6 Å². The molecule has 2 aromatic rings. The van der Waals surface area contributed by atoms with Gasteiger partial charge in [-0.05, 0) is 31.4 Å². The van der Waals surface area contributed by atoms with Gasteiger partial charge in [-0.25, -0.2) is 0 Å². The van der Waals surface area contributed by atoms with Crippen molar-refractivity contribution in [2.45, 2.75) is 40.7 Å². The van der Waals surface area contributed by atoms with Crippen molar-refractivity contribution in [3.8, 4) is 0 Å². The fourth-order valence-electron chi connectivity index (χ4n) is 2.80. The Hall–Kier alpha value is -2.56. The Bertz CT molecular complexity index is 746. The summed E-state index contributed by atoms with van der Waals surface area (Å²) in [6, 6.07) is 12.1. The van der Waals surface area contributed by atoms with E-state index in [9.17, 15) is 4.79 Å². The number of ketones is 1. The zero-order valence-corrected chi connectivity index (χ0v) is 15.5. The van der Waals surface area contributed by atoms with Crippen LogP contribution in [0.2, 0.25) is 0 Å². The molecule has 0 spiro atoms. The zero-order valence-electron chi connectivity index (χ0n) is 15.5. The number of carbonyl (C=O) groups excluding carboxylic acids is 1. The summed E-state index contributed by atoms with van der Waals surface area (Å²) in [6.45, 7) is 8.71. The maximum atomic E-state index is 12.4. The molecule has 0 saturated heterocycles. The van der Waals surface area contributed by atoms with Crippen LogP contribution in [0.5, 0.6) is 0 Å². The molecule has 0 saturated carbocycles. The molecule has 2 N–H and O–H groups in total. The van der Waals surface area contributed by atoms with Gasteiger partial charge in [0.05, 0.1) is 0 Å². The molecule has 1 heterocycles. The Balaban J connectivity index is 2.05. The standard InChI is InChI=1S/C20H27N3O2/c1-14(2)10-20(21)22-25-13-19(24)18-11-15(3)23(16(18)4)12-17-8-6-5-7-9-17/h5-9,11,14H,10,12-13H2,1-4H3,(H2,21,22). The summed E-state index contributed by atoms with van der Waals surface area (Å²) in [5, 5.41) is 3.82. The van der Waals surface area contributed by atoms with Gasteiger partial charge < -0.3 is 15.1 Å². The van der Waals surface area contributed by atoms with Crippen LogP contribution in [0.4, 0.5) is 0 Å². The van der Waals surface area contributed by atoms with E-state index >= 15 is 0 Å². The number of benzene rings is 1. The van der Waals surface area contributed by atoms with E-state index in [-0.39, 0.29) is 12.4 Å². The smallest absolute Gasteiger partial charge is 0.204 e. The molecule has 1 aromatic carbocycles. The Kier molecular flexibility index (Phi) is 6.39. The fourth-order valence-corrected chi connectivity index (χ4v) is 2.80. The van der Waals surface area contributed by atoms with Crippen molar-refractivity contribution in [2.75, 3.05) is 6.61 Å². The van der Waals surface area contributed by atoms with Gasteiger partial charge in [-0.15, -0.1) is 0 Å². The number of nitrogens with zero attached hydrogens (tertiary/aromatic N) is 2. The molecule has 0 atom stereocenters. The number of Topliss-reactive ketones (excluding diaryl/α,β-unsaturated/α-hetero) is 1. The molecule has 0 aliphatic rings. The Morgan fingerprint density at radius 3 is 2.56 bits per heavy atom. The van der Waals surface area contributed by atoms with E-state index < -0.39 is 0 Å². The molecule has 1 aromatic heterocycles. The van der Waals surface area contributed by atoms with Gasteiger partial charge in [0.1, 0.15) is 5.84 Å². The number of oxime groups is 1. The third kappa shape index (κ3) is 5.21. The number of amidine groups is 1. The van der Waals surface area contributed by atoms with Gasteiger partial charge in [-0.3, -0.25) is 4.79 Å². The quantitative estimate of drug-likeness (QED) is 0.345. The third-order valence-corrected chi connectivity index (χ3v) is 4.05. The van der Waals surface area contributed by atoms with Crippen molar-refractivity contribution >= 4 is 11.6 Å². The van der Waals surface area contributed by atoms with Gasteiger partial charge in [0.25, 0.3) is 0 Å². The van der Waals surface area contributed by atoms with E-state index in [0.29, 0.717) is 23.7 Å². The van der Waals surface area contributed by atoms with Gasteiger partial charge in [-0.2, -0.15) is 0 Å². The Labute approximate surface area is 149 Å². The van der Waals surface area contributed by atoms with E-state index in [0.717, 1.165) is 17.9 Å². The average molecular weight is 341 g/mol. The number of aryl methyl sites for hydroxylation is 1. The molecular weight excluding hydrogens is 314 g/mol. The van der Waals surface area contributed by atoms with E-state index in [2.05, 4.69) is 35.7 Å². The number of rotatable bonds is 8. The molecule has 5 heteroatoms. The van der Waals surface area contributed by atoms with Crippen LogP contribution in [0.25, 0.3) is 0 Å². The summed E-state index contributed by atoms with van der Waals surface area (Å²) in [5.74, 6) is 0.728. The van der Waals surface area contributed by atoms with Gasteiger partial charge in [0.15, 0.2) is 6.61 Å². The van der Waals surface area contributed by atoms with Crippen molar-refractivity contribution in [3.05, 3.63) is 58.9 Å². The van der Waals surface area contributed by atoms with Crippen LogP contribution >= 0.6 is 0 Å². The topological polar surface area (TPSA) is 69.6 Å². The highest BCUT2D eigenvalue weighted by Crippen LogP contribution is 2.18. The summed E-state index contributed by atoms with van der Waals surface area (Å²) < 4.78 is 2.14. The fraction of sp³-hybridized carbons (Fsp3) is 0.400. The van der Waals surface area contributed by atoms with Crippen molar-refractivity contribution in [1.29, 1.82) is 0 Å². The summed E-state index contributed by atoms with van der Waals surface area (Å²) >= 11 is 0. The van der Waals surface area contributed by atoms with Crippen LogP contribution in [-0.2, 0) is 11.4 Å². The van der Waals surface area contributed by atoms with Crippen LogP contribution < -0.4 is 5.73 Å². The lowest BCUT2D eigenvalue weighted by Gasteiger charge is -2.10. The Morgan fingerprint density at radius 1 is 1.24 bits per heavy atom. The second-order valence-corrected chi connectivity index (χ2v) is 6.73. The Morgan fingerprint density at radius 2 is 1.92 bits per heavy atom. The summed E-state index contributed by atoms with van der Waals surface area (Å²) in [6.07, 6.45) is 0.653. The zero-order chi connectivity index (χ0) is 18.4. The molecule has 0 amide bonds. The first-order chi connectivity index (χ1) is 11.9. The number of carbonyl (C=O) groups is 1. The van der Waals surface area contributed by atoms with Crippen molar-refractivity contribution in [2.24, 2.45) is 16.8 Å². The predicted octanol–water partition coefficient (Wildman–Crippen LogP) is 3.67. The molecule has 5 nitrogen and oxygen atoms in total. The minimum atomic E-state index is -0.103. The normalized spacial score (nSPS) is 11.8. The monoisotopic (exact) mass is 341 g/mol. The second kappa shape index (κ2) is 8.51. The van der Waals surface area contributed by atoms with Crippen LogP contribution in [0.1, 0.15) is 47.6 Å². The number of hydrogen-bond donors (Lipinski definition) is 1. The largest absolute Gasteiger partial charge is 0.386 e. The maximum absolute atomic E-state index is 12.4. The lowest BCUT2D eigenvalue weighted by Crippen LogP contribution is -2.16. The van der Waals surface area contributed by atoms with Gasteiger partial charge in [0.2, 0.25) is 5.78 Å². The van der Waals surface area contributed by atoms with Gasteiger partial charge in [-0.1, -0.05) is 49.3 Å². The average Bonchev–Trinajstić information content (AvgIpc) is 2.83. The van der Waals surface area contributed by atoms with Crippen molar-refractivity contribution in [3.63, 3.8) is 0 Å². The number of aromatic nitrogens is 1. The van der Waals surface area contributed by atoms with Crippen LogP contribution in [0, 0.1) is 19.8 Å². The molecular formula is C20H27N3O2. The molecule has 0 bridgehead atoms. The summed E-state index contributed by atoms with van der Waals surface area (Å²) in [4.78, 5) is 17.6. The number of hydrogen-bond acceptors (Lipinski definition) is 3. The lowest BCUT2D eigenvalue weighted by molar-refractivity contribution is 0.0773. The van der Waals surface area contributed by atoms with E-state index in [1.165, 1.54) is 5.56 Å². The first-order valence-electron chi connectivity index (χ1n) is 8.56. The summed E-state index contributed by atoms with van der Waals surface area (Å²) in [7, 11) is 0. The molecule has 0 aliphatic carbocycles. The van der Waals surface area contributed by atoms with E-state index in [1.54, 1.807) is 0 Å². The molecule has 0 aliphatic heterocycles.